The van der Waals surface area contributed by atoms with E-state index >= 15 is 0 Å². The van der Waals surface area contributed by atoms with Gasteiger partial charge in [-0.1, -0.05) is 29.8 Å². The minimum absolute atomic E-state index is 0.360. The molecule has 88 valence electrons. The Hall–Kier alpha value is -1.35. The SMILES string of the molecule is Cc1ccc(C2(CNc3nccs3)CC2)cc1. The van der Waals surface area contributed by atoms with E-state index in [0.29, 0.717) is 5.41 Å². The van der Waals surface area contributed by atoms with Crippen molar-refractivity contribution in [3.8, 4) is 0 Å². The summed E-state index contributed by atoms with van der Waals surface area (Å²) in [4.78, 5) is 4.26. The smallest absolute Gasteiger partial charge is 0.182 e. The molecule has 1 aliphatic carbocycles. The molecule has 0 amide bonds. The lowest BCUT2D eigenvalue weighted by atomic mass is 9.95. The van der Waals surface area contributed by atoms with Gasteiger partial charge in [-0.2, -0.15) is 0 Å². The fourth-order valence-corrected chi connectivity index (χ4v) is 2.71. The number of benzene rings is 1. The second-order valence-electron chi connectivity index (χ2n) is 4.84. The number of aromatic nitrogens is 1. The fraction of sp³-hybridized carbons (Fsp3) is 0.357. The van der Waals surface area contributed by atoms with E-state index in [1.54, 1.807) is 11.3 Å². The fourth-order valence-electron chi connectivity index (χ4n) is 2.18. The van der Waals surface area contributed by atoms with Crippen LogP contribution in [0, 0.1) is 6.92 Å². The van der Waals surface area contributed by atoms with E-state index in [-0.39, 0.29) is 0 Å². The van der Waals surface area contributed by atoms with Gasteiger partial charge in [0.15, 0.2) is 5.13 Å². The highest BCUT2D eigenvalue weighted by Crippen LogP contribution is 2.48. The van der Waals surface area contributed by atoms with Gasteiger partial charge in [0.25, 0.3) is 0 Å². The molecule has 1 saturated carbocycles. The molecule has 1 N–H and O–H groups in total. The third-order valence-electron chi connectivity index (χ3n) is 3.53. The molecule has 0 aliphatic heterocycles. The molecule has 3 heteroatoms. The van der Waals surface area contributed by atoms with Crippen LogP contribution in [-0.4, -0.2) is 11.5 Å². The molecule has 1 aromatic carbocycles. The van der Waals surface area contributed by atoms with Gasteiger partial charge < -0.3 is 5.32 Å². The lowest BCUT2D eigenvalue weighted by Gasteiger charge is -2.16. The van der Waals surface area contributed by atoms with E-state index < -0.39 is 0 Å². The molecule has 1 aromatic heterocycles. The second-order valence-corrected chi connectivity index (χ2v) is 5.73. The highest BCUT2D eigenvalue weighted by Gasteiger charge is 2.43. The maximum atomic E-state index is 4.26. The Labute approximate surface area is 106 Å². The average molecular weight is 244 g/mol. The minimum Gasteiger partial charge on any atom is -0.361 e. The Morgan fingerprint density at radius 2 is 2.06 bits per heavy atom. The van der Waals surface area contributed by atoms with Gasteiger partial charge >= 0.3 is 0 Å². The Bertz CT molecular complexity index is 483. The molecule has 0 saturated heterocycles. The standard InChI is InChI=1S/C14H16N2S/c1-11-2-4-12(5-3-11)14(6-7-14)10-16-13-15-8-9-17-13/h2-5,8-9H,6-7,10H2,1H3,(H,15,16). The molecule has 17 heavy (non-hydrogen) atoms. The Morgan fingerprint density at radius 1 is 1.29 bits per heavy atom. The van der Waals surface area contributed by atoms with Crippen molar-refractivity contribution >= 4 is 16.5 Å². The number of aryl methyl sites for hydroxylation is 1. The molecule has 1 aliphatic rings. The molecule has 0 bridgehead atoms. The van der Waals surface area contributed by atoms with E-state index in [9.17, 15) is 0 Å². The van der Waals surface area contributed by atoms with Crippen molar-refractivity contribution < 1.29 is 0 Å². The van der Waals surface area contributed by atoms with Crippen molar-refractivity contribution in [2.45, 2.75) is 25.2 Å². The van der Waals surface area contributed by atoms with E-state index in [4.69, 9.17) is 0 Å². The number of nitrogens with zero attached hydrogens (tertiary/aromatic N) is 1. The van der Waals surface area contributed by atoms with Gasteiger partial charge in [0.05, 0.1) is 0 Å². The molecule has 3 rings (SSSR count). The van der Waals surface area contributed by atoms with Crippen molar-refractivity contribution in [3.63, 3.8) is 0 Å². The van der Waals surface area contributed by atoms with Crippen LogP contribution in [0.2, 0.25) is 0 Å². The molecule has 2 nitrogen and oxygen atoms in total. The van der Waals surface area contributed by atoms with E-state index in [1.807, 2.05) is 11.6 Å². The van der Waals surface area contributed by atoms with Gasteiger partial charge in [-0.3, -0.25) is 0 Å². The summed E-state index contributed by atoms with van der Waals surface area (Å²) in [6.07, 6.45) is 4.42. The van der Waals surface area contributed by atoms with Gasteiger partial charge in [0.2, 0.25) is 0 Å². The van der Waals surface area contributed by atoms with Gasteiger partial charge in [-0.05, 0) is 25.3 Å². The summed E-state index contributed by atoms with van der Waals surface area (Å²) in [5.74, 6) is 0. The van der Waals surface area contributed by atoms with Crippen molar-refractivity contribution in [3.05, 3.63) is 47.0 Å². The molecule has 1 heterocycles. The quantitative estimate of drug-likeness (QED) is 0.889. The van der Waals surface area contributed by atoms with E-state index in [2.05, 4.69) is 41.5 Å². The number of anilines is 1. The number of rotatable bonds is 4. The molecule has 1 fully saturated rings. The summed E-state index contributed by atoms with van der Waals surface area (Å²) in [6, 6.07) is 8.95. The van der Waals surface area contributed by atoms with Crippen molar-refractivity contribution in [2.75, 3.05) is 11.9 Å². The molecule has 0 radical (unpaired) electrons. The summed E-state index contributed by atoms with van der Waals surface area (Å²) in [6.45, 7) is 3.14. The molecule has 0 atom stereocenters. The van der Waals surface area contributed by atoms with E-state index in [0.717, 1.165) is 11.7 Å². The van der Waals surface area contributed by atoms with Crippen molar-refractivity contribution in [2.24, 2.45) is 0 Å². The van der Waals surface area contributed by atoms with Gasteiger partial charge in [0, 0.05) is 23.5 Å². The van der Waals surface area contributed by atoms with Gasteiger partial charge in [-0.25, -0.2) is 4.98 Å². The van der Waals surface area contributed by atoms with Gasteiger partial charge in [-0.15, -0.1) is 11.3 Å². The van der Waals surface area contributed by atoms with Crippen LogP contribution in [0.15, 0.2) is 35.8 Å². The van der Waals surface area contributed by atoms with Crippen LogP contribution >= 0.6 is 11.3 Å². The molecule has 0 spiro atoms. The number of hydrogen-bond acceptors (Lipinski definition) is 3. The maximum absolute atomic E-state index is 4.26. The normalized spacial score (nSPS) is 16.8. The summed E-state index contributed by atoms with van der Waals surface area (Å²) >= 11 is 1.67. The Balaban J connectivity index is 1.71. The molecule has 2 aromatic rings. The second kappa shape index (κ2) is 4.15. The predicted octanol–water partition coefficient (Wildman–Crippen LogP) is 3.60. The Kier molecular flexibility index (Phi) is 2.63. The number of nitrogens with one attached hydrogen (secondary N) is 1. The van der Waals surface area contributed by atoms with Crippen molar-refractivity contribution in [1.29, 1.82) is 0 Å². The molecular weight excluding hydrogens is 228 g/mol. The zero-order valence-corrected chi connectivity index (χ0v) is 10.8. The van der Waals surface area contributed by atoms with Crippen LogP contribution in [0.4, 0.5) is 5.13 Å². The maximum Gasteiger partial charge on any atom is 0.182 e. The molecular formula is C14H16N2S. The highest BCUT2D eigenvalue weighted by molar-refractivity contribution is 7.13. The van der Waals surface area contributed by atoms with Gasteiger partial charge in [0.1, 0.15) is 0 Å². The lowest BCUT2D eigenvalue weighted by Crippen LogP contribution is -2.19. The van der Waals surface area contributed by atoms with Crippen LogP contribution < -0.4 is 5.32 Å². The average Bonchev–Trinajstić information content (AvgIpc) is 2.95. The van der Waals surface area contributed by atoms with Crippen LogP contribution in [0.3, 0.4) is 0 Å². The van der Waals surface area contributed by atoms with Crippen LogP contribution in [-0.2, 0) is 5.41 Å². The largest absolute Gasteiger partial charge is 0.361 e. The van der Waals surface area contributed by atoms with Crippen molar-refractivity contribution in [1.82, 2.24) is 4.98 Å². The Morgan fingerprint density at radius 3 is 2.65 bits per heavy atom. The predicted molar refractivity (Wildman–Crippen MR) is 72.7 cm³/mol. The lowest BCUT2D eigenvalue weighted by molar-refractivity contribution is 0.732. The number of hydrogen-bond donors (Lipinski definition) is 1. The number of thiazole rings is 1. The zero-order valence-electron chi connectivity index (χ0n) is 9.94. The van der Waals surface area contributed by atoms with Crippen LogP contribution in [0.25, 0.3) is 0 Å². The summed E-state index contributed by atoms with van der Waals surface area (Å²) in [7, 11) is 0. The summed E-state index contributed by atoms with van der Waals surface area (Å²) in [5.41, 5.74) is 3.16. The third-order valence-corrected chi connectivity index (χ3v) is 4.26. The minimum atomic E-state index is 0.360. The first-order valence-corrected chi connectivity index (χ1v) is 6.87. The van der Waals surface area contributed by atoms with Crippen LogP contribution in [0.5, 0.6) is 0 Å². The van der Waals surface area contributed by atoms with Crippen LogP contribution in [0.1, 0.15) is 24.0 Å². The third kappa shape index (κ3) is 2.20. The first-order valence-electron chi connectivity index (χ1n) is 5.99. The first-order chi connectivity index (χ1) is 8.28. The monoisotopic (exact) mass is 244 g/mol. The summed E-state index contributed by atoms with van der Waals surface area (Å²) in [5, 5.41) is 6.49. The highest BCUT2D eigenvalue weighted by atomic mass is 32.1. The van der Waals surface area contributed by atoms with E-state index in [1.165, 1.54) is 24.0 Å². The first kappa shape index (κ1) is 10.8. The topological polar surface area (TPSA) is 24.9 Å². The zero-order chi connectivity index (χ0) is 11.7. The molecule has 0 unspecified atom stereocenters. The summed E-state index contributed by atoms with van der Waals surface area (Å²) < 4.78 is 0.